The summed E-state index contributed by atoms with van der Waals surface area (Å²) in [7, 11) is 0. The largest absolute Gasteiger partial charge is 0.349 e. The third-order valence-electron chi connectivity index (χ3n) is 4.26. The Kier molecular flexibility index (Phi) is 4.87. The molecule has 0 spiro atoms. The van der Waals surface area contributed by atoms with Crippen LogP contribution in [0.4, 0.5) is 8.78 Å². The van der Waals surface area contributed by atoms with Crippen LogP contribution in [0, 0.1) is 11.6 Å². The van der Waals surface area contributed by atoms with Crippen LogP contribution in [0.25, 0.3) is 0 Å². The van der Waals surface area contributed by atoms with Crippen LogP contribution in [0.2, 0.25) is 0 Å². The van der Waals surface area contributed by atoms with Crippen molar-refractivity contribution in [1.29, 1.82) is 0 Å². The summed E-state index contributed by atoms with van der Waals surface area (Å²) in [6.07, 6.45) is 2.19. The molecule has 2 unspecified atom stereocenters. The highest BCUT2D eigenvalue weighted by atomic mass is 19.1. The predicted octanol–water partition coefficient (Wildman–Crippen LogP) is 1.31. The number of benzene rings is 1. The maximum atomic E-state index is 13.8. The molecule has 0 saturated heterocycles. The molecular formula is C17H18F2N4O2. The highest BCUT2D eigenvalue weighted by Gasteiger charge is 2.32. The Morgan fingerprint density at radius 3 is 3.00 bits per heavy atom. The fourth-order valence-electron chi connectivity index (χ4n) is 2.94. The van der Waals surface area contributed by atoms with Crippen molar-refractivity contribution in [3.05, 3.63) is 35.4 Å². The van der Waals surface area contributed by atoms with Crippen LogP contribution >= 0.6 is 0 Å². The average Bonchev–Trinajstić information content (AvgIpc) is 2.55. The Labute approximate surface area is 143 Å². The second-order valence-corrected chi connectivity index (χ2v) is 6.12. The Balaban J connectivity index is 1.65. The zero-order valence-electron chi connectivity index (χ0n) is 13.6. The molecule has 25 heavy (non-hydrogen) atoms. The molecule has 2 aliphatic heterocycles. The minimum absolute atomic E-state index is 0.0796. The zero-order chi connectivity index (χ0) is 18.0. The lowest BCUT2D eigenvalue weighted by Gasteiger charge is -2.30. The van der Waals surface area contributed by atoms with Gasteiger partial charge in [0.2, 0.25) is 5.91 Å². The van der Waals surface area contributed by atoms with E-state index in [2.05, 4.69) is 20.6 Å². The number of halogens is 2. The molecule has 132 valence electrons. The van der Waals surface area contributed by atoms with Crippen LogP contribution < -0.4 is 10.6 Å². The van der Waals surface area contributed by atoms with Gasteiger partial charge in [0.1, 0.15) is 23.4 Å². The number of nitrogens with one attached hydrogen (secondary N) is 2. The molecule has 2 N–H and O–H groups in total. The van der Waals surface area contributed by atoms with Gasteiger partial charge in [0.05, 0.1) is 18.5 Å². The molecule has 3 rings (SSSR count). The second-order valence-electron chi connectivity index (χ2n) is 6.12. The van der Waals surface area contributed by atoms with E-state index in [1.54, 1.807) is 13.1 Å². The van der Waals surface area contributed by atoms with Crippen molar-refractivity contribution in [3.8, 4) is 0 Å². The lowest BCUT2D eigenvalue weighted by Crippen LogP contribution is -2.53. The monoisotopic (exact) mass is 348 g/mol. The van der Waals surface area contributed by atoms with Gasteiger partial charge in [-0.1, -0.05) is 6.07 Å². The average molecular weight is 348 g/mol. The van der Waals surface area contributed by atoms with Crippen LogP contribution in [0.1, 0.15) is 31.4 Å². The summed E-state index contributed by atoms with van der Waals surface area (Å²) in [6.45, 7) is 2.23. The molecular weight excluding hydrogens is 330 g/mol. The van der Waals surface area contributed by atoms with Crippen LogP contribution in [0.3, 0.4) is 0 Å². The van der Waals surface area contributed by atoms with E-state index in [4.69, 9.17) is 0 Å². The van der Waals surface area contributed by atoms with Gasteiger partial charge < -0.3 is 10.6 Å². The van der Waals surface area contributed by atoms with Crippen LogP contribution in [0.5, 0.6) is 0 Å². The summed E-state index contributed by atoms with van der Waals surface area (Å²) >= 11 is 0. The number of fused-ring (bicyclic) bond motifs is 1. The molecule has 6 nitrogen and oxygen atoms in total. The van der Waals surface area contributed by atoms with Crippen molar-refractivity contribution < 1.29 is 18.4 Å². The minimum atomic E-state index is -0.734. The highest BCUT2D eigenvalue weighted by Crippen LogP contribution is 2.18. The molecule has 3 atom stereocenters. The molecule has 2 heterocycles. The summed E-state index contributed by atoms with van der Waals surface area (Å²) in [5.41, 5.74) is 0.295. The number of nitrogens with zero attached hydrogens (tertiary/aromatic N) is 2. The topological polar surface area (TPSA) is 82.9 Å². The maximum Gasteiger partial charge on any atom is 0.266 e. The fraction of sp³-hybridized carbons (Fsp3) is 0.412. The van der Waals surface area contributed by atoms with Gasteiger partial charge in [-0.05, 0) is 19.4 Å². The molecule has 0 aromatic heterocycles. The number of hydrogen-bond donors (Lipinski definition) is 2. The number of carbonyl (C=O) groups excluding carboxylic acids is 2. The smallest absolute Gasteiger partial charge is 0.266 e. The maximum absolute atomic E-state index is 13.8. The number of carbonyl (C=O) groups is 2. The highest BCUT2D eigenvalue weighted by molar-refractivity contribution is 6.42. The third kappa shape index (κ3) is 3.89. The number of aliphatic imine (C=N–C) groups is 2. The van der Waals surface area contributed by atoms with Gasteiger partial charge >= 0.3 is 0 Å². The number of rotatable bonds is 4. The SMILES string of the molecule is C[C@H](NC(=O)CC1=NC2C=NCCC2NC1=O)c1ccc(F)cc1F. The minimum Gasteiger partial charge on any atom is -0.349 e. The normalized spacial score (nSPS) is 23.3. The summed E-state index contributed by atoms with van der Waals surface area (Å²) in [5, 5.41) is 5.43. The lowest BCUT2D eigenvalue weighted by atomic mass is 10.00. The molecule has 0 fully saturated rings. The van der Waals surface area contributed by atoms with Crippen LogP contribution in [-0.2, 0) is 9.59 Å². The molecule has 1 aromatic rings. The van der Waals surface area contributed by atoms with E-state index in [-0.39, 0.29) is 35.7 Å². The van der Waals surface area contributed by atoms with E-state index in [1.165, 1.54) is 6.07 Å². The summed E-state index contributed by atoms with van der Waals surface area (Å²) in [5.74, 6) is -2.25. The molecule has 1 aromatic carbocycles. The summed E-state index contributed by atoms with van der Waals surface area (Å²) < 4.78 is 26.7. The Bertz CT molecular complexity index is 763. The van der Waals surface area contributed by atoms with Gasteiger partial charge in [-0.3, -0.25) is 19.6 Å². The van der Waals surface area contributed by atoms with Crippen LogP contribution in [0.15, 0.2) is 28.2 Å². The van der Waals surface area contributed by atoms with Crippen molar-refractivity contribution in [3.63, 3.8) is 0 Å². The Morgan fingerprint density at radius 2 is 2.24 bits per heavy atom. The number of hydrogen-bond acceptors (Lipinski definition) is 4. The first kappa shape index (κ1) is 17.2. The van der Waals surface area contributed by atoms with Gasteiger partial charge in [-0.25, -0.2) is 8.78 Å². The summed E-state index contributed by atoms with van der Waals surface area (Å²) in [6, 6.07) is 2.18. The quantitative estimate of drug-likeness (QED) is 0.860. The fourth-order valence-corrected chi connectivity index (χ4v) is 2.94. The first-order chi connectivity index (χ1) is 11.9. The van der Waals surface area contributed by atoms with E-state index in [1.807, 2.05) is 0 Å². The van der Waals surface area contributed by atoms with Crippen molar-refractivity contribution in [1.82, 2.24) is 10.6 Å². The molecule has 0 bridgehead atoms. The van der Waals surface area contributed by atoms with Gasteiger partial charge in [0.15, 0.2) is 0 Å². The molecule has 0 saturated carbocycles. The molecule has 8 heteroatoms. The lowest BCUT2D eigenvalue weighted by molar-refractivity contribution is -0.122. The summed E-state index contributed by atoms with van der Waals surface area (Å²) in [4.78, 5) is 32.7. The van der Waals surface area contributed by atoms with Gasteiger partial charge in [-0.2, -0.15) is 0 Å². The van der Waals surface area contributed by atoms with Crippen molar-refractivity contribution in [2.75, 3.05) is 6.54 Å². The van der Waals surface area contributed by atoms with E-state index in [9.17, 15) is 18.4 Å². The zero-order valence-corrected chi connectivity index (χ0v) is 13.6. The Hall–Kier alpha value is -2.64. The van der Waals surface area contributed by atoms with Crippen molar-refractivity contribution >= 4 is 23.7 Å². The first-order valence-electron chi connectivity index (χ1n) is 8.06. The molecule has 0 radical (unpaired) electrons. The van der Waals surface area contributed by atoms with E-state index in [0.29, 0.717) is 6.54 Å². The van der Waals surface area contributed by atoms with E-state index < -0.39 is 23.6 Å². The van der Waals surface area contributed by atoms with E-state index >= 15 is 0 Å². The predicted molar refractivity (Wildman–Crippen MR) is 88.7 cm³/mol. The first-order valence-corrected chi connectivity index (χ1v) is 8.06. The van der Waals surface area contributed by atoms with Gasteiger partial charge in [0, 0.05) is 24.4 Å². The molecule has 2 aliphatic rings. The van der Waals surface area contributed by atoms with Crippen molar-refractivity contribution in [2.45, 2.75) is 37.9 Å². The molecule has 2 amide bonds. The van der Waals surface area contributed by atoms with Gasteiger partial charge in [0.25, 0.3) is 5.91 Å². The van der Waals surface area contributed by atoms with Gasteiger partial charge in [-0.15, -0.1) is 0 Å². The Morgan fingerprint density at radius 1 is 1.44 bits per heavy atom. The third-order valence-corrected chi connectivity index (χ3v) is 4.26. The molecule has 0 aliphatic carbocycles. The standard InChI is InChI=1S/C17H18F2N4O2/c1-9(11-3-2-10(18)6-12(11)19)21-16(24)7-14-17(25)23-13-4-5-20-8-15(13)22-14/h2-3,6,8-9,13,15H,4-5,7H2,1H3,(H,21,24)(H,23,25)/t9-,13?,15?/m0/s1. The van der Waals surface area contributed by atoms with Crippen molar-refractivity contribution in [2.24, 2.45) is 9.98 Å². The second kappa shape index (κ2) is 7.08. The van der Waals surface area contributed by atoms with E-state index in [0.717, 1.165) is 18.6 Å². The van der Waals surface area contributed by atoms with Crippen LogP contribution in [-0.4, -0.2) is 42.4 Å². The number of amides is 2.